The summed E-state index contributed by atoms with van der Waals surface area (Å²) >= 11 is 0. The number of carbonyl (C=O) groups is 1. The summed E-state index contributed by atoms with van der Waals surface area (Å²) in [6.45, 7) is 9.74. The van der Waals surface area contributed by atoms with Gasteiger partial charge >= 0.3 is 0 Å². The van der Waals surface area contributed by atoms with Crippen LogP contribution in [0.5, 0.6) is 0 Å². The fourth-order valence-corrected chi connectivity index (χ4v) is 4.67. The molecule has 1 saturated heterocycles. The van der Waals surface area contributed by atoms with Crippen molar-refractivity contribution in [1.82, 2.24) is 20.9 Å². The number of piperidine rings is 1. The topological polar surface area (TPSA) is 81.9 Å². The quantitative estimate of drug-likeness (QED) is 0.317. The second-order valence-corrected chi connectivity index (χ2v) is 9.03. The van der Waals surface area contributed by atoms with Crippen LogP contribution >= 0.6 is 0 Å². The first kappa shape index (κ1) is 23.6. The van der Waals surface area contributed by atoms with Crippen LogP contribution in [-0.4, -0.2) is 62.1 Å². The summed E-state index contributed by atoms with van der Waals surface area (Å²) in [5.74, 6) is 2.06. The maximum atomic E-state index is 12.1. The van der Waals surface area contributed by atoms with E-state index < -0.39 is 0 Å². The Morgan fingerprint density at radius 3 is 2.61 bits per heavy atom. The van der Waals surface area contributed by atoms with Crippen LogP contribution in [0.4, 0.5) is 0 Å². The maximum absolute atomic E-state index is 12.1. The Bertz CT molecular complexity index is 688. The van der Waals surface area contributed by atoms with Crippen molar-refractivity contribution in [3.63, 3.8) is 0 Å². The van der Waals surface area contributed by atoms with Crippen LogP contribution in [0, 0.1) is 12.8 Å². The molecule has 0 aromatic carbocycles. The highest BCUT2D eigenvalue weighted by atomic mass is 16.3. The molecule has 174 valence electrons. The molecule has 0 bridgehead atoms. The van der Waals surface area contributed by atoms with Gasteiger partial charge in [0.05, 0.1) is 6.26 Å². The van der Waals surface area contributed by atoms with Crippen molar-refractivity contribution in [3.05, 3.63) is 23.7 Å². The van der Waals surface area contributed by atoms with E-state index in [4.69, 9.17) is 9.41 Å². The minimum atomic E-state index is -0.156. The molecule has 31 heavy (non-hydrogen) atoms. The van der Waals surface area contributed by atoms with Gasteiger partial charge in [-0.2, -0.15) is 0 Å². The number of nitrogens with one attached hydrogen (secondary N) is 3. The van der Waals surface area contributed by atoms with Crippen LogP contribution < -0.4 is 16.0 Å². The monoisotopic (exact) mass is 431 g/mol. The number of hydrogen-bond donors (Lipinski definition) is 3. The Labute approximate surface area is 187 Å². The van der Waals surface area contributed by atoms with Gasteiger partial charge < -0.3 is 25.3 Å². The summed E-state index contributed by atoms with van der Waals surface area (Å²) < 4.78 is 5.22. The predicted molar refractivity (Wildman–Crippen MR) is 126 cm³/mol. The number of amides is 1. The molecule has 3 N–H and O–H groups in total. The number of aliphatic imine (C=N–C) groups is 1. The Hall–Kier alpha value is -2.02. The van der Waals surface area contributed by atoms with Gasteiger partial charge in [-0.25, -0.2) is 0 Å². The van der Waals surface area contributed by atoms with Crippen molar-refractivity contribution in [3.8, 4) is 0 Å². The van der Waals surface area contributed by atoms with Crippen LogP contribution in [0.1, 0.15) is 74.4 Å². The van der Waals surface area contributed by atoms with Gasteiger partial charge in [0, 0.05) is 50.9 Å². The molecule has 1 aliphatic heterocycles. The number of rotatable bonds is 9. The summed E-state index contributed by atoms with van der Waals surface area (Å²) in [5, 5.41) is 9.88. The first-order chi connectivity index (χ1) is 15.2. The van der Waals surface area contributed by atoms with Gasteiger partial charge in [-0.1, -0.05) is 19.3 Å². The van der Waals surface area contributed by atoms with E-state index in [1.54, 1.807) is 12.3 Å². The van der Waals surface area contributed by atoms with Crippen LogP contribution in [-0.2, 0) is 0 Å². The minimum absolute atomic E-state index is 0.156. The highest BCUT2D eigenvalue weighted by Gasteiger charge is 2.23. The van der Waals surface area contributed by atoms with E-state index in [0.29, 0.717) is 24.9 Å². The lowest BCUT2D eigenvalue weighted by Gasteiger charge is -2.36. The molecule has 1 aliphatic carbocycles. The molecular formula is C24H41N5O2. The molecule has 7 heteroatoms. The van der Waals surface area contributed by atoms with E-state index in [1.165, 1.54) is 64.6 Å². The van der Waals surface area contributed by atoms with E-state index in [-0.39, 0.29) is 5.91 Å². The van der Waals surface area contributed by atoms with Gasteiger partial charge in [-0.3, -0.25) is 9.79 Å². The Morgan fingerprint density at radius 1 is 1.16 bits per heavy atom. The molecule has 7 nitrogen and oxygen atoms in total. The third kappa shape index (κ3) is 7.87. The molecule has 0 atom stereocenters. The summed E-state index contributed by atoms with van der Waals surface area (Å²) in [6.07, 6.45) is 11.8. The van der Waals surface area contributed by atoms with E-state index in [1.807, 2.05) is 6.92 Å². The average Bonchev–Trinajstić information content (AvgIpc) is 3.21. The molecule has 0 radical (unpaired) electrons. The summed E-state index contributed by atoms with van der Waals surface area (Å²) in [4.78, 5) is 19.4. The van der Waals surface area contributed by atoms with Crippen molar-refractivity contribution in [2.75, 3.05) is 39.3 Å². The summed E-state index contributed by atoms with van der Waals surface area (Å²) in [5.41, 5.74) is 0.860. The van der Waals surface area contributed by atoms with Crippen molar-refractivity contribution in [2.24, 2.45) is 10.9 Å². The molecule has 3 rings (SSSR count). The smallest absolute Gasteiger partial charge is 0.287 e. The predicted octanol–water partition coefficient (Wildman–Crippen LogP) is 3.31. The molecule has 1 aromatic rings. The molecule has 0 unspecified atom stereocenters. The van der Waals surface area contributed by atoms with Crippen LogP contribution in [0.2, 0.25) is 0 Å². The summed E-state index contributed by atoms with van der Waals surface area (Å²) in [6, 6.07) is 2.29. The third-order valence-corrected chi connectivity index (χ3v) is 6.47. The third-order valence-electron chi connectivity index (χ3n) is 6.47. The largest absolute Gasteiger partial charge is 0.459 e. The van der Waals surface area contributed by atoms with Gasteiger partial charge in [0.1, 0.15) is 0 Å². The second-order valence-electron chi connectivity index (χ2n) is 9.03. The van der Waals surface area contributed by atoms with Gasteiger partial charge in [-0.05, 0) is 57.9 Å². The molecule has 2 fully saturated rings. The highest BCUT2D eigenvalue weighted by Crippen LogP contribution is 2.25. The number of aryl methyl sites for hydroxylation is 1. The number of guanidine groups is 1. The lowest BCUT2D eigenvalue weighted by Crippen LogP contribution is -2.49. The lowest BCUT2D eigenvalue weighted by molar-refractivity contribution is 0.0925. The molecule has 1 saturated carbocycles. The van der Waals surface area contributed by atoms with E-state index in [9.17, 15) is 4.79 Å². The Balaban J connectivity index is 1.33. The Kier molecular flexibility index (Phi) is 9.72. The van der Waals surface area contributed by atoms with Crippen LogP contribution in [0.15, 0.2) is 21.7 Å². The van der Waals surface area contributed by atoms with Crippen LogP contribution in [0.3, 0.4) is 0 Å². The molecule has 0 spiro atoms. The average molecular weight is 432 g/mol. The zero-order valence-corrected chi connectivity index (χ0v) is 19.4. The van der Waals surface area contributed by atoms with Crippen molar-refractivity contribution in [2.45, 2.75) is 71.3 Å². The van der Waals surface area contributed by atoms with Crippen molar-refractivity contribution >= 4 is 11.9 Å². The normalized spacial score (nSPS) is 19.4. The first-order valence-electron chi connectivity index (χ1n) is 12.2. The SMILES string of the molecule is CCNC(=NCCCNC(=O)c1occc1C)NC1CCN(CC2CCCCC2)CC1. The summed E-state index contributed by atoms with van der Waals surface area (Å²) in [7, 11) is 0. The van der Waals surface area contributed by atoms with Gasteiger partial charge in [-0.15, -0.1) is 0 Å². The number of carbonyl (C=O) groups excluding carboxylic acids is 1. The van der Waals surface area contributed by atoms with E-state index >= 15 is 0 Å². The number of nitrogens with zero attached hydrogens (tertiary/aromatic N) is 2. The van der Waals surface area contributed by atoms with Gasteiger partial charge in [0.15, 0.2) is 11.7 Å². The van der Waals surface area contributed by atoms with Crippen LogP contribution in [0.25, 0.3) is 0 Å². The zero-order valence-electron chi connectivity index (χ0n) is 19.4. The molecule has 1 amide bonds. The molecular weight excluding hydrogens is 390 g/mol. The highest BCUT2D eigenvalue weighted by molar-refractivity contribution is 5.92. The molecule has 2 aliphatic rings. The fourth-order valence-electron chi connectivity index (χ4n) is 4.67. The van der Waals surface area contributed by atoms with E-state index in [0.717, 1.165) is 30.4 Å². The molecule has 1 aromatic heterocycles. The number of likely N-dealkylation sites (tertiary alicyclic amines) is 1. The van der Waals surface area contributed by atoms with Gasteiger partial charge in [0.25, 0.3) is 5.91 Å². The second kappa shape index (κ2) is 12.7. The number of furan rings is 1. The van der Waals surface area contributed by atoms with Crippen molar-refractivity contribution in [1.29, 1.82) is 0 Å². The Morgan fingerprint density at radius 2 is 1.94 bits per heavy atom. The first-order valence-corrected chi connectivity index (χ1v) is 12.2. The maximum Gasteiger partial charge on any atom is 0.287 e. The fraction of sp³-hybridized carbons (Fsp3) is 0.750. The standard InChI is InChI=1S/C24H41N5O2/c1-3-25-24(27-14-7-13-26-23(30)22-19(2)12-17-31-22)28-21-10-15-29(16-11-21)18-20-8-5-4-6-9-20/h12,17,20-21H,3-11,13-16,18H2,1-2H3,(H,26,30)(H2,25,27,28). The zero-order chi connectivity index (χ0) is 21.9. The number of hydrogen-bond acceptors (Lipinski definition) is 4. The van der Waals surface area contributed by atoms with Crippen molar-refractivity contribution < 1.29 is 9.21 Å². The van der Waals surface area contributed by atoms with Gasteiger partial charge in [0.2, 0.25) is 0 Å². The molecule has 2 heterocycles. The van der Waals surface area contributed by atoms with E-state index in [2.05, 4.69) is 27.8 Å². The lowest BCUT2D eigenvalue weighted by atomic mass is 9.88. The minimum Gasteiger partial charge on any atom is -0.459 e.